The van der Waals surface area contributed by atoms with E-state index in [1.54, 1.807) is 18.2 Å². The average Bonchev–Trinajstić information content (AvgIpc) is 2.96. The summed E-state index contributed by atoms with van der Waals surface area (Å²) in [6.45, 7) is 2.83. The van der Waals surface area contributed by atoms with Crippen LogP contribution in [-0.4, -0.2) is 28.4 Å². The Hall–Kier alpha value is -2.84. The van der Waals surface area contributed by atoms with Gasteiger partial charge in [-0.05, 0) is 42.9 Å². The number of halogens is 1. The molecule has 0 saturated carbocycles. The number of aromatic nitrogens is 1. The molecule has 4 rings (SSSR count). The van der Waals surface area contributed by atoms with E-state index >= 15 is 0 Å². The summed E-state index contributed by atoms with van der Waals surface area (Å²) < 4.78 is 11.1. The van der Waals surface area contributed by atoms with Crippen molar-refractivity contribution in [3.8, 4) is 17.4 Å². The number of H-pyrrole nitrogens is 1. The van der Waals surface area contributed by atoms with Crippen molar-refractivity contribution in [1.82, 2.24) is 4.98 Å². The second kappa shape index (κ2) is 7.05. The number of aromatic amines is 1. The topological polar surface area (TPSA) is 91.2 Å². The molecule has 1 aromatic heterocycles. The molecule has 0 fully saturated rings. The average molecular weight is 403 g/mol. The lowest BCUT2D eigenvalue weighted by atomic mass is 10.2. The summed E-state index contributed by atoms with van der Waals surface area (Å²) in [4.78, 5) is 2.85. The molecule has 27 heavy (non-hydrogen) atoms. The number of hydrogen-bond donors (Lipinski definition) is 3. The fourth-order valence-electron chi connectivity index (χ4n) is 2.78. The molecular formula is C18H15ClN4O3S. The quantitative estimate of drug-likeness (QED) is 0.410. The summed E-state index contributed by atoms with van der Waals surface area (Å²) in [7, 11) is 0. The van der Waals surface area contributed by atoms with Crippen molar-refractivity contribution in [3.05, 3.63) is 40.9 Å². The molecule has 0 radical (unpaired) electrons. The first-order chi connectivity index (χ1) is 13.0. The van der Waals surface area contributed by atoms with Gasteiger partial charge < -0.3 is 24.9 Å². The molecular weight excluding hydrogens is 388 g/mol. The molecule has 1 aliphatic heterocycles. The molecule has 2 heterocycles. The van der Waals surface area contributed by atoms with E-state index in [9.17, 15) is 5.11 Å². The van der Waals surface area contributed by atoms with Crippen LogP contribution in [0.2, 0.25) is 5.02 Å². The normalized spacial score (nSPS) is 13.3. The van der Waals surface area contributed by atoms with Gasteiger partial charge in [0.05, 0.1) is 5.52 Å². The van der Waals surface area contributed by atoms with Crippen LogP contribution in [0.1, 0.15) is 5.56 Å². The predicted octanol–water partition coefficient (Wildman–Crippen LogP) is 5.09. The van der Waals surface area contributed by atoms with Crippen LogP contribution in [0.3, 0.4) is 0 Å². The van der Waals surface area contributed by atoms with E-state index in [0.717, 1.165) is 11.3 Å². The van der Waals surface area contributed by atoms with E-state index in [2.05, 4.69) is 20.5 Å². The molecule has 9 heteroatoms. The Kier molecular flexibility index (Phi) is 4.59. The Bertz CT molecular complexity index is 1080. The number of nitrogens with zero attached hydrogens (tertiary/aromatic N) is 2. The lowest BCUT2D eigenvalue weighted by Crippen LogP contribution is -2.15. The molecule has 0 aliphatic carbocycles. The number of anilines is 1. The van der Waals surface area contributed by atoms with Crippen LogP contribution in [-0.2, 0) is 0 Å². The number of nitrogens with one attached hydrogen (secondary N) is 2. The maximum Gasteiger partial charge on any atom is 0.218 e. The van der Waals surface area contributed by atoms with Crippen LogP contribution in [0.25, 0.3) is 10.9 Å². The summed E-state index contributed by atoms with van der Waals surface area (Å²) in [5, 5.41) is 22.7. The van der Waals surface area contributed by atoms with Crippen LogP contribution >= 0.6 is 23.8 Å². The smallest absolute Gasteiger partial charge is 0.218 e. The molecule has 1 aliphatic rings. The molecule has 0 saturated heterocycles. The highest BCUT2D eigenvalue weighted by atomic mass is 35.5. The Balaban J connectivity index is 1.61. The maximum absolute atomic E-state index is 10.2. The van der Waals surface area contributed by atoms with Gasteiger partial charge in [0.25, 0.3) is 0 Å². The number of azo groups is 1. The number of hydrogen-bond acceptors (Lipinski definition) is 5. The van der Waals surface area contributed by atoms with Crippen molar-refractivity contribution in [1.29, 1.82) is 0 Å². The fraction of sp³-hybridized carbons (Fsp3) is 0.167. The molecule has 2 aromatic carbocycles. The minimum Gasteiger partial charge on any atom is -0.493 e. The van der Waals surface area contributed by atoms with Gasteiger partial charge in [-0.15, -0.1) is 10.2 Å². The number of rotatable bonds is 2. The number of thiocarbonyl (C=S) groups is 1. The summed E-state index contributed by atoms with van der Waals surface area (Å²) in [5.41, 5.74) is 2.54. The van der Waals surface area contributed by atoms with Crippen LogP contribution in [0, 0.1) is 6.92 Å². The summed E-state index contributed by atoms with van der Waals surface area (Å²) in [6.07, 6.45) is 0. The molecule has 3 aromatic rings. The van der Waals surface area contributed by atoms with Gasteiger partial charge in [0.15, 0.2) is 17.2 Å². The highest BCUT2D eigenvalue weighted by Crippen LogP contribution is 2.42. The highest BCUT2D eigenvalue weighted by molar-refractivity contribution is 7.80. The second-order valence-corrected chi connectivity index (χ2v) is 6.70. The van der Waals surface area contributed by atoms with Gasteiger partial charge in [-0.1, -0.05) is 17.7 Å². The second-order valence-electron chi connectivity index (χ2n) is 5.91. The molecule has 3 N–H and O–H groups in total. The van der Waals surface area contributed by atoms with E-state index in [1.165, 1.54) is 0 Å². The third-order valence-corrected chi connectivity index (χ3v) is 4.76. The van der Waals surface area contributed by atoms with Crippen LogP contribution < -0.4 is 14.8 Å². The van der Waals surface area contributed by atoms with Crippen molar-refractivity contribution in [2.45, 2.75) is 6.92 Å². The lowest BCUT2D eigenvalue weighted by molar-refractivity contribution is 0.172. The third-order valence-electron chi connectivity index (χ3n) is 4.16. The third kappa shape index (κ3) is 3.41. The summed E-state index contributed by atoms with van der Waals surface area (Å²) in [6, 6.07) is 8.97. The Morgan fingerprint density at radius 3 is 2.78 bits per heavy atom. The lowest BCUT2D eigenvalue weighted by Gasteiger charge is -2.18. The standard InChI is InChI=1S/C18H15ClN4O3S/c1-9-11(19)3-2-4-12(9)21-18(27)23-22-16-10-7-14-15(26-6-5-25-14)8-13(10)20-17(16)24/h2-4,7-8,20,24H,5-6H2,1H3,(H,21,27). The molecule has 0 bridgehead atoms. The fourth-order valence-corrected chi connectivity index (χ4v) is 3.11. The van der Waals surface area contributed by atoms with Gasteiger partial charge >= 0.3 is 0 Å². The van der Waals surface area contributed by atoms with Crippen molar-refractivity contribution >= 4 is 51.2 Å². The van der Waals surface area contributed by atoms with Gasteiger partial charge in [0.1, 0.15) is 13.2 Å². The van der Waals surface area contributed by atoms with Gasteiger partial charge in [-0.2, -0.15) is 0 Å². The van der Waals surface area contributed by atoms with Gasteiger partial charge in [0.2, 0.25) is 11.0 Å². The molecule has 0 atom stereocenters. The van der Waals surface area contributed by atoms with Crippen molar-refractivity contribution < 1.29 is 14.6 Å². The number of benzene rings is 2. The van der Waals surface area contributed by atoms with Gasteiger partial charge in [-0.3, -0.25) is 0 Å². The van der Waals surface area contributed by atoms with E-state index in [-0.39, 0.29) is 16.7 Å². The van der Waals surface area contributed by atoms with E-state index in [1.807, 2.05) is 19.1 Å². The predicted molar refractivity (Wildman–Crippen MR) is 108 cm³/mol. The first kappa shape index (κ1) is 17.6. The van der Waals surface area contributed by atoms with E-state index in [4.69, 9.17) is 33.3 Å². The molecule has 138 valence electrons. The number of aromatic hydroxyl groups is 1. The first-order valence-electron chi connectivity index (χ1n) is 8.15. The Labute approximate surface area is 165 Å². The van der Waals surface area contributed by atoms with Crippen LogP contribution in [0.4, 0.5) is 11.4 Å². The summed E-state index contributed by atoms with van der Waals surface area (Å²) in [5.74, 6) is 1.10. The van der Waals surface area contributed by atoms with Crippen LogP contribution in [0.5, 0.6) is 17.4 Å². The minimum atomic E-state index is -0.113. The maximum atomic E-state index is 10.2. The number of fused-ring (bicyclic) bond motifs is 2. The highest BCUT2D eigenvalue weighted by Gasteiger charge is 2.18. The largest absolute Gasteiger partial charge is 0.493 e. The first-order valence-corrected chi connectivity index (χ1v) is 8.93. The molecule has 7 nitrogen and oxygen atoms in total. The minimum absolute atomic E-state index is 0.113. The Morgan fingerprint density at radius 2 is 2.00 bits per heavy atom. The van der Waals surface area contributed by atoms with Gasteiger partial charge in [0, 0.05) is 22.2 Å². The zero-order chi connectivity index (χ0) is 19.0. The van der Waals surface area contributed by atoms with Crippen molar-refractivity contribution in [3.63, 3.8) is 0 Å². The molecule has 0 amide bonds. The van der Waals surface area contributed by atoms with E-state index in [0.29, 0.717) is 40.6 Å². The zero-order valence-electron chi connectivity index (χ0n) is 14.2. The monoisotopic (exact) mass is 402 g/mol. The molecule has 0 spiro atoms. The number of ether oxygens (including phenoxy) is 2. The zero-order valence-corrected chi connectivity index (χ0v) is 15.8. The summed E-state index contributed by atoms with van der Waals surface area (Å²) >= 11 is 11.3. The Morgan fingerprint density at radius 1 is 1.26 bits per heavy atom. The molecule has 0 unspecified atom stereocenters. The van der Waals surface area contributed by atoms with Crippen LogP contribution in [0.15, 0.2) is 40.6 Å². The van der Waals surface area contributed by atoms with Crippen molar-refractivity contribution in [2.75, 3.05) is 18.5 Å². The van der Waals surface area contributed by atoms with Crippen molar-refractivity contribution in [2.24, 2.45) is 10.2 Å². The van der Waals surface area contributed by atoms with Gasteiger partial charge in [-0.25, -0.2) is 0 Å². The van der Waals surface area contributed by atoms with E-state index < -0.39 is 0 Å². The SMILES string of the molecule is Cc1c(Cl)cccc1NC(=S)N=Nc1c(O)[nH]c2cc3c(cc12)OCCO3.